The molecule has 2 N–H and O–H groups in total. The number of anilines is 1. The van der Waals surface area contributed by atoms with Gasteiger partial charge in [0.05, 0.1) is 23.7 Å². The molecule has 0 bridgehead atoms. The Morgan fingerprint density at radius 2 is 1.53 bits per heavy atom. The average Bonchev–Trinajstić information content (AvgIpc) is 3.86. The van der Waals surface area contributed by atoms with Crippen LogP contribution in [-0.4, -0.2) is 112 Å². The first kappa shape index (κ1) is 39.7. The molecule has 62 heavy (non-hydrogen) atoms. The fourth-order valence-corrected chi connectivity index (χ4v) is 12.2. The number of carbonyl (C=O) groups is 4. The zero-order valence-corrected chi connectivity index (χ0v) is 34.6. The summed E-state index contributed by atoms with van der Waals surface area (Å²) >= 11 is 0. The Kier molecular flexibility index (Phi) is 9.44. The summed E-state index contributed by atoms with van der Waals surface area (Å²) in [5, 5.41) is 3.19. The van der Waals surface area contributed by atoms with Gasteiger partial charge in [-0.2, -0.15) is 0 Å². The molecule has 1 aliphatic carbocycles. The van der Waals surface area contributed by atoms with E-state index in [1.807, 2.05) is 48.2 Å². The van der Waals surface area contributed by atoms with E-state index in [0.717, 1.165) is 77.8 Å². The molecular formula is C47H49F4N7O4. The number of carbonyl (C=O) groups excluding carboxylic acids is 4. The first-order valence-corrected chi connectivity index (χ1v) is 22.0. The van der Waals surface area contributed by atoms with Crippen LogP contribution in [-0.2, 0) is 29.1 Å². The maximum absolute atomic E-state index is 16.3. The second-order valence-electron chi connectivity index (χ2n) is 19.1. The molecule has 4 aromatic rings. The molecule has 324 valence electrons. The van der Waals surface area contributed by atoms with E-state index in [9.17, 15) is 28.0 Å². The van der Waals surface area contributed by atoms with Crippen LogP contribution >= 0.6 is 0 Å². The van der Waals surface area contributed by atoms with Gasteiger partial charge in [-0.05, 0) is 104 Å². The van der Waals surface area contributed by atoms with Crippen LogP contribution in [0.25, 0.3) is 10.9 Å². The number of hydrogen-bond donors (Lipinski definition) is 2. The number of piperidine rings is 2. The number of alkyl halides is 2. The van der Waals surface area contributed by atoms with Gasteiger partial charge in [0.25, 0.3) is 18.2 Å². The number of likely N-dealkylation sites (tertiary alicyclic amines) is 1. The molecule has 3 atom stereocenters. The number of rotatable bonds is 8. The van der Waals surface area contributed by atoms with Crippen molar-refractivity contribution < 1.29 is 36.7 Å². The first-order chi connectivity index (χ1) is 29.8. The summed E-state index contributed by atoms with van der Waals surface area (Å²) in [6.45, 7) is 7.13. The summed E-state index contributed by atoms with van der Waals surface area (Å²) in [7, 11) is 0. The van der Waals surface area contributed by atoms with Crippen LogP contribution < -0.4 is 10.2 Å². The van der Waals surface area contributed by atoms with Crippen LogP contribution in [0.2, 0.25) is 0 Å². The SMILES string of the molecule is C[C@@H]1Cc2c([nH]c3ccccc23)[C@@H](c2c(F)cc(N3CCC(CN4CC5(CC(N6Cc7cc8c(cc7C6)C(=O)N(C6CCC(=O)NC6=O)C8=O)C5)C4)CC3)cc2F)N1CC(F)F. The number of aromatic nitrogens is 1. The van der Waals surface area contributed by atoms with Crippen molar-refractivity contribution in [3.63, 3.8) is 0 Å². The minimum atomic E-state index is -2.66. The van der Waals surface area contributed by atoms with Gasteiger partial charge >= 0.3 is 0 Å². The van der Waals surface area contributed by atoms with E-state index in [2.05, 4.69) is 20.1 Å². The first-order valence-electron chi connectivity index (χ1n) is 22.0. The number of nitrogens with one attached hydrogen (secondary N) is 2. The second-order valence-corrected chi connectivity index (χ2v) is 19.1. The summed E-state index contributed by atoms with van der Waals surface area (Å²) in [6, 6.07) is 12.2. The van der Waals surface area contributed by atoms with Gasteiger partial charge in [-0.25, -0.2) is 17.6 Å². The average molecular weight is 852 g/mol. The van der Waals surface area contributed by atoms with Crippen molar-refractivity contribution in [2.75, 3.05) is 44.2 Å². The van der Waals surface area contributed by atoms with Crippen LogP contribution in [0.5, 0.6) is 0 Å². The summed E-state index contributed by atoms with van der Waals surface area (Å²) in [5.41, 5.74) is 5.65. The molecule has 7 heterocycles. The zero-order valence-electron chi connectivity index (χ0n) is 34.6. The minimum Gasteiger partial charge on any atom is -0.371 e. The lowest BCUT2D eigenvalue weighted by atomic mass is 9.60. The highest BCUT2D eigenvalue weighted by Crippen LogP contribution is 2.52. The molecule has 4 amide bonds. The van der Waals surface area contributed by atoms with Gasteiger partial charge < -0.3 is 14.8 Å². The third-order valence-electron chi connectivity index (χ3n) is 15.2. The molecule has 1 aromatic heterocycles. The largest absolute Gasteiger partial charge is 0.371 e. The Bertz CT molecular complexity index is 2470. The molecule has 1 unspecified atom stereocenters. The highest BCUT2D eigenvalue weighted by molar-refractivity contribution is 6.23. The Hall–Kier alpha value is -5.12. The molecule has 3 saturated heterocycles. The number of halogens is 4. The Morgan fingerprint density at radius 3 is 2.18 bits per heavy atom. The van der Waals surface area contributed by atoms with Crippen molar-refractivity contribution in [1.29, 1.82) is 0 Å². The molecular weight excluding hydrogens is 803 g/mol. The number of benzene rings is 3. The fraction of sp³-hybridized carbons (Fsp3) is 0.489. The lowest BCUT2D eigenvalue weighted by molar-refractivity contribution is -0.136. The molecule has 7 aliphatic rings. The number of fused-ring (bicyclic) bond motifs is 5. The van der Waals surface area contributed by atoms with E-state index in [0.29, 0.717) is 72.5 Å². The van der Waals surface area contributed by atoms with E-state index >= 15 is 8.78 Å². The normalized spacial score (nSPS) is 25.7. The number of nitrogens with zero attached hydrogens (tertiary/aromatic N) is 5. The Balaban J connectivity index is 0.682. The van der Waals surface area contributed by atoms with E-state index < -0.39 is 60.3 Å². The lowest BCUT2D eigenvalue weighted by Gasteiger charge is -2.61. The molecule has 11 nitrogen and oxygen atoms in total. The maximum atomic E-state index is 16.3. The number of aromatic amines is 1. The topological polar surface area (TPSA) is 112 Å². The van der Waals surface area contributed by atoms with E-state index in [4.69, 9.17) is 0 Å². The van der Waals surface area contributed by atoms with E-state index in [1.165, 1.54) is 17.0 Å². The van der Waals surface area contributed by atoms with Crippen LogP contribution in [0.3, 0.4) is 0 Å². The monoisotopic (exact) mass is 851 g/mol. The lowest BCUT2D eigenvalue weighted by Crippen LogP contribution is -2.66. The molecule has 4 fully saturated rings. The highest BCUT2D eigenvalue weighted by atomic mass is 19.3. The van der Waals surface area contributed by atoms with Crippen LogP contribution in [0, 0.1) is 23.0 Å². The van der Waals surface area contributed by atoms with Crippen molar-refractivity contribution >= 4 is 40.2 Å². The Labute approximate surface area is 356 Å². The molecule has 6 aliphatic heterocycles. The highest BCUT2D eigenvalue weighted by Gasteiger charge is 2.54. The predicted molar refractivity (Wildman–Crippen MR) is 222 cm³/mol. The van der Waals surface area contributed by atoms with Gasteiger partial charge in [0, 0.05) is 92.2 Å². The van der Waals surface area contributed by atoms with E-state index in [-0.39, 0.29) is 24.4 Å². The van der Waals surface area contributed by atoms with Gasteiger partial charge in [0.1, 0.15) is 17.7 Å². The fourth-order valence-electron chi connectivity index (χ4n) is 12.2. The summed E-state index contributed by atoms with van der Waals surface area (Å²) < 4.78 is 60.4. The summed E-state index contributed by atoms with van der Waals surface area (Å²) in [4.78, 5) is 63.7. The molecule has 15 heteroatoms. The number of H-pyrrole nitrogens is 1. The second kappa shape index (κ2) is 14.7. The molecule has 11 rings (SSSR count). The van der Waals surface area contributed by atoms with Gasteiger partial charge in [-0.1, -0.05) is 18.2 Å². The quantitative estimate of drug-likeness (QED) is 0.161. The Morgan fingerprint density at radius 1 is 0.871 bits per heavy atom. The third-order valence-corrected chi connectivity index (χ3v) is 15.2. The minimum absolute atomic E-state index is 0.0875. The number of imide groups is 2. The number of hydrogen-bond acceptors (Lipinski definition) is 8. The predicted octanol–water partition coefficient (Wildman–Crippen LogP) is 6.15. The van der Waals surface area contributed by atoms with Crippen LogP contribution in [0.1, 0.15) is 100 Å². The smallest absolute Gasteiger partial charge is 0.262 e. The van der Waals surface area contributed by atoms with Crippen molar-refractivity contribution in [3.05, 3.63) is 99.2 Å². The van der Waals surface area contributed by atoms with Crippen molar-refractivity contribution in [3.8, 4) is 0 Å². The third kappa shape index (κ3) is 6.47. The van der Waals surface area contributed by atoms with Crippen molar-refractivity contribution in [1.82, 2.24) is 29.9 Å². The molecule has 0 radical (unpaired) electrons. The van der Waals surface area contributed by atoms with Gasteiger partial charge in [-0.3, -0.25) is 39.2 Å². The van der Waals surface area contributed by atoms with E-state index in [1.54, 1.807) is 0 Å². The standard InChI is InChI=1S/C47H49F4N7O4/c1-25-12-32-31-4-2-3-5-37(31)52-42(32)43(57(25)22-39(50)51)41-35(48)15-29(16-36(41)49)55-10-8-26(9-11-55)19-54-23-47(24-54)17-30(18-47)56-20-27-13-33-34(14-28(27)21-56)46(62)58(45(33)61)38-6-7-40(59)53-44(38)60/h2-5,13-16,25-26,30,38-39,43,52H,6-12,17-24H2,1H3,(H,53,59,60)/t25-,38?,43-/m1/s1. The zero-order chi connectivity index (χ0) is 42.8. The molecule has 3 aromatic carbocycles. The molecule has 1 saturated carbocycles. The maximum Gasteiger partial charge on any atom is 0.262 e. The van der Waals surface area contributed by atoms with Crippen molar-refractivity contribution in [2.45, 2.75) is 95.6 Å². The van der Waals surface area contributed by atoms with Gasteiger partial charge in [0.15, 0.2) is 0 Å². The number of amides is 4. The van der Waals surface area contributed by atoms with Crippen LogP contribution in [0.4, 0.5) is 23.2 Å². The van der Waals surface area contributed by atoms with Crippen LogP contribution in [0.15, 0.2) is 48.5 Å². The molecule has 1 spiro atoms. The number of para-hydroxylation sites is 1. The van der Waals surface area contributed by atoms with Gasteiger partial charge in [0.2, 0.25) is 11.8 Å². The summed E-state index contributed by atoms with van der Waals surface area (Å²) in [5.74, 6) is -2.92. The van der Waals surface area contributed by atoms with Gasteiger partial charge in [-0.15, -0.1) is 0 Å². The van der Waals surface area contributed by atoms with Crippen molar-refractivity contribution in [2.24, 2.45) is 11.3 Å². The summed E-state index contributed by atoms with van der Waals surface area (Å²) in [6.07, 6.45) is 2.08.